The number of piperidine rings is 1. The molecule has 1 saturated heterocycles. The largest absolute Gasteiger partial charge is 0.341 e. The zero-order valence-corrected chi connectivity index (χ0v) is 16.0. The molecule has 2 heterocycles. The molecule has 1 fully saturated rings. The summed E-state index contributed by atoms with van der Waals surface area (Å²) in [6.07, 6.45) is 1.21. The van der Waals surface area contributed by atoms with E-state index in [1.54, 1.807) is 0 Å². The second kappa shape index (κ2) is 8.04. The number of carbonyl (C=O) groups is 1. The Bertz CT molecular complexity index is 705. The summed E-state index contributed by atoms with van der Waals surface area (Å²) < 4.78 is 2.08. The highest BCUT2D eigenvalue weighted by Crippen LogP contribution is 2.25. The molecule has 0 aliphatic carbocycles. The first-order chi connectivity index (χ1) is 12.1. The molecule has 0 bridgehead atoms. The summed E-state index contributed by atoms with van der Waals surface area (Å²) in [6, 6.07) is 10.1. The van der Waals surface area contributed by atoms with Crippen molar-refractivity contribution in [1.82, 2.24) is 19.7 Å². The number of likely N-dealkylation sites (tertiary alicyclic amines) is 1. The second-order valence-electron chi connectivity index (χ2n) is 6.95. The van der Waals surface area contributed by atoms with E-state index in [0.717, 1.165) is 36.2 Å². The second-order valence-corrected chi connectivity index (χ2v) is 7.89. The van der Waals surface area contributed by atoms with Crippen molar-refractivity contribution in [3.63, 3.8) is 0 Å². The van der Waals surface area contributed by atoms with Crippen molar-refractivity contribution in [2.24, 2.45) is 11.8 Å². The number of thioether (sulfide) groups is 1. The van der Waals surface area contributed by atoms with Crippen molar-refractivity contribution < 1.29 is 4.79 Å². The van der Waals surface area contributed by atoms with Gasteiger partial charge in [-0.25, -0.2) is 0 Å². The quantitative estimate of drug-likeness (QED) is 0.767. The summed E-state index contributed by atoms with van der Waals surface area (Å²) in [5, 5.41) is 9.47. The predicted molar refractivity (Wildman–Crippen MR) is 101 cm³/mol. The fourth-order valence-electron chi connectivity index (χ4n) is 3.57. The highest BCUT2D eigenvalue weighted by Gasteiger charge is 2.25. The summed E-state index contributed by atoms with van der Waals surface area (Å²) in [4.78, 5) is 14.6. The van der Waals surface area contributed by atoms with Gasteiger partial charge >= 0.3 is 0 Å². The molecular weight excluding hydrogens is 332 g/mol. The van der Waals surface area contributed by atoms with Gasteiger partial charge in [-0.1, -0.05) is 55.9 Å². The molecule has 1 aliphatic heterocycles. The fraction of sp³-hybridized carbons (Fsp3) is 0.526. The SMILES string of the molecule is CCn1c(SCC(=O)N2C[C@H](C)C[C@H](C)C2)nnc1-c1ccccc1. The normalized spacial score (nSPS) is 20.7. The molecule has 2 aromatic rings. The van der Waals surface area contributed by atoms with Crippen LogP contribution in [0.1, 0.15) is 27.2 Å². The molecule has 1 aromatic heterocycles. The molecule has 25 heavy (non-hydrogen) atoms. The zero-order chi connectivity index (χ0) is 17.8. The molecule has 1 aromatic carbocycles. The fourth-order valence-corrected chi connectivity index (χ4v) is 4.47. The Morgan fingerprint density at radius 3 is 2.48 bits per heavy atom. The summed E-state index contributed by atoms with van der Waals surface area (Å²) in [7, 11) is 0. The van der Waals surface area contributed by atoms with Gasteiger partial charge in [-0.15, -0.1) is 10.2 Å². The van der Waals surface area contributed by atoms with Gasteiger partial charge < -0.3 is 9.47 Å². The first-order valence-corrected chi connectivity index (χ1v) is 9.96. The number of hydrogen-bond donors (Lipinski definition) is 0. The minimum absolute atomic E-state index is 0.204. The number of carbonyl (C=O) groups excluding carboxylic acids is 1. The number of benzene rings is 1. The van der Waals surface area contributed by atoms with Gasteiger partial charge in [0.25, 0.3) is 0 Å². The van der Waals surface area contributed by atoms with Crippen molar-refractivity contribution in [3.8, 4) is 11.4 Å². The third-order valence-corrected chi connectivity index (χ3v) is 5.56. The first kappa shape index (κ1) is 18.0. The Labute approximate surface area is 153 Å². The molecule has 0 unspecified atom stereocenters. The van der Waals surface area contributed by atoms with E-state index in [1.807, 2.05) is 35.2 Å². The van der Waals surface area contributed by atoms with Crippen molar-refractivity contribution in [3.05, 3.63) is 30.3 Å². The molecule has 0 saturated carbocycles. The highest BCUT2D eigenvalue weighted by molar-refractivity contribution is 7.99. The van der Waals surface area contributed by atoms with Gasteiger partial charge in [-0.05, 0) is 25.2 Å². The van der Waals surface area contributed by atoms with Crippen molar-refractivity contribution in [1.29, 1.82) is 0 Å². The molecule has 2 atom stereocenters. The third kappa shape index (κ3) is 4.24. The van der Waals surface area contributed by atoms with E-state index in [2.05, 4.69) is 35.5 Å². The lowest BCUT2D eigenvalue weighted by molar-refractivity contribution is -0.130. The lowest BCUT2D eigenvalue weighted by atomic mass is 9.92. The Kier molecular flexibility index (Phi) is 5.78. The Morgan fingerprint density at radius 2 is 1.84 bits per heavy atom. The molecule has 0 spiro atoms. The van der Waals surface area contributed by atoms with Crippen LogP contribution in [0.2, 0.25) is 0 Å². The van der Waals surface area contributed by atoms with Crippen LogP contribution in [-0.4, -0.2) is 44.4 Å². The van der Waals surface area contributed by atoms with Gasteiger partial charge in [-0.3, -0.25) is 4.79 Å². The van der Waals surface area contributed by atoms with Crippen molar-refractivity contribution in [2.75, 3.05) is 18.8 Å². The number of amides is 1. The van der Waals surface area contributed by atoms with E-state index in [4.69, 9.17) is 0 Å². The maximum atomic E-state index is 12.6. The van der Waals surface area contributed by atoms with Crippen molar-refractivity contribution >= 4 is 17.7 Å². The average Bonchev–Trinajstić information content (AvgIpc) is 3.02. The zero-order valence-electron chi connectivity index (χ0n) is 15.2. The number of aromatic nitrogens is 3. The maximum absolute atomic E-state index is 12.6. The summed E-state index contributed by atoms with van der Waals surface area (Å²) >= 11 is 1.49. The Hall–Kier alpha value is -1.82. The standard InChI is InChI=1S/C19H26N4OS/c1-4-23-18(16-8-6-5-7-9-16)20-21-19(23)25-13-17(24)22-11-14(2)10-15(3)12-22/h5-9,14-15H,4,10-13H2,1-3H3/t14-,15+. The van der Waals surface area contributed by atoms with Crippen LogP contribution in [0.3, 0.4) is 0 Å². The number of rotatable bonds is 5. The summed E-state index contributed by atoms with van der Waals surface area (Å²) in [6.45, 7) is 9.06. The molecular formula is C19H26N4OS. The number of hydrogen-bond acceptors (Lipinski definition) is 4. The van der Waals surface area contributed by atoms with E-state index in [0.29, 0.717) is 17.6 Å². The third-order valence-electron chi connectivity index (χ3n) is 4.61. The molecule has 134 valence electrons. The van der Waals surface area contributed by atoms with Crippen LogP contribution < -0.4 is 0 Å². The minimum atomic E-state index is 0.204. The molecule has 0 radical (unpaired) electrons. The van der Waals surface area contributed by atoms with E-state index < -0.39 is 0 Å². The molecule has 1 aliphatic rings. The van der Waals surface area contributed by atoms with Gasteiger partial charge in [0.05, 0.1) is 5.75 Å². The smallest absolute Gasteiger partial charge is 0.233 e. The predicted octanol–water partition coefficient (Wildman–Crippen LogP) is 3.56. The highest BCUT2D eigenvalue weighted by atomic mass is 32.2. The average molecular weight is 359 g/mol. The van der Waals surface area contributed by atoms with Crippen LogP contribution in [0.15, 0.2) is 35.5 Å². The van der Waals surface area contributed by atoms with Crippen LogP contribution in [0, 0.1) is 11.8 Å². The lowest BCUT2D eigenvalue weighted by Crippen LogP contribution is -2.43. The Balaban J connectivity index is 1.67. The van der Waals surface area contributed by atoms with Crippen molar-refractivity contribution in [2.45, 2.75) is 38.9 Å². The van der Waals surface area contributed by atoms with Gasteiger partial charge in [0.2, 0.25) is 5.91 Å². The van der Waals surface area contributed by atoms with Gasteiger partial charge in [-0.2, -0.15) is 0 Å². The van der Waals surface area contributed by atoms with E-state index in [9.17, 15) is 4.79 Å². The topological polar surface area (TPSA) is 51.0 Å². The monoisotopic (exact) mass is 358 g/mol. The summed E-state index contributed by atoms with van der Waals surface area (Å²) in [5.41, 5.74) is 1.05. The maximum Gasteiger partial charge on any atom is 0.233 e. The van der Waals surface area contributed by atoms with E-state index in [-0.39, 0.29) is 5.91 Å². The van der Waals surface area contributed by atoms with Gasteiger partial charge in [0.1, 0.15) is 0 Å². The van der Waals surface area contributed by atoms with Gasteiger partial charge in [0, 0.05) is 25.2 Å². The van der Waals surface area contributed by atoms with Crippen LogP contribution in [0.25, 0.3) is 11.4 Å². The lowest BCUT2D eigenvalue weighted by Gasteiger charge is -2.34. The summed E-state index contributed by atoms with van der Waals surface area (Å²) in [5.74, 6) is 2.66. The minimum Gasteiger partial charge on any atom is -0.341 e. The molecule has 1 amide bonds. The van der Waals surface area contributed by atoms with Crippen LogP contribution in [0.5, 0.6) is 0 Å². The first-order valence-electron chi connectivity index (χ1n) is 8.97. The van der Waals surface area contributed by atoms with E-state index >= 15 is 0 Å². The van der Waals surface area contributed by atoms with E-state index in [1.165, 1.54) is 18.2 Å². The van der Waals surface area contributed by atoms with Gasteiger partial charge in [0.15, 0.2) is 11.0 Å². The number of nitrogens with zero attached hydrogens (tertiary/aromatic N) is 4. The van der Waals surface area contributed by atoms with Crippen LogP contribution in [-0.2, 0) is 11.3 Å². The molecule has 0 N–H and O–H groups in total. The molecule has 5 nitrogen and oxygen atoms in total. The molecule has 3 rings (SSSR count). The van der Waals surface area contributed by atoms with Crippen LogP contribution in [0.4, 0.5) is 0 Å². The molecule has 6 heteroatoms. The Morgan fingerprint density at radius 1 is 1.16 bits per heavy atom. The van der Waals surface area contributed by atoms with Crippen LogP contribution >= 0.6 is 11.8 Å².